The SMILES string of the molecule is Nc1nc2c(ncn2[C@@H]2O[C@H](CO[C@H]3[C@@H](O)[C@H](n4cnc5c(N)ncnc54)O[C@@H]3CO)[C@@H](OC[C@H]3O[C@@H](n4ccc(=O)[nH]c4=O)[C@H](O)[C@@H]3O)[C@H]2O)c(=O)[nH]1. The first-order chi connectivity index (χ1) is 25.9. The molecule has 288 valence electrons. The van der Waals surface area contributed by atoms with Gasteiger partial charge in [0.25, 0.3) is 11.1 Å². The number of aromatic amines is 2. The van der Waals surface area contributed by atoms with Gasteiger partial charge in [-0.25, -0.2) is 24.7 Å². The first-order valence-corrected chi connectivity index (χ1v) is 16.4. The smallest absolute Gasteiger partial charge is 0.330 e. The summed E-state index contributed by atoms with van der Waals surface area (Å²) in [6.45, 7) is -1.42. The highest BCUT2D eigenvalue weighted by molar-refractivity contribution is 5.81. The lowest BCUT2D eigenvalue weighted by Crippen LogP contribution is -2.43. The summed E-state index contributed by atoms with van der Waals surface area (Å²) < 4.78 is 33.6. The predicted octanol–water partition coefficient (Wildman–Crippen LogP) is -5.43. The van der Waals surface area contributed by atoms with E-state index in [0.29, 0.717) is 0 Å². The van der Waals surface area contributed by atoms with Gasteiger partial charge in [0, 0.05) is 12.3 Å². The van der Waals surface area contributed by atoms with Crippen LogP contribution in [0.1, 0.15) is 18.7 Å². The van der Waals surface area contributed by atoms with Crippen LogP contribution in [0.5, 0.6) is 0 Å². The van der Waals surface area contributed by atoms with Gasteiger partial charge in [-0.1, -0.05) is 0 Å². The topological polar surface area (TPSA) is 361 Å². The average molecular weight is 759 g/mol. The standard InChI is InChI=1S/C29H34N12O13/c30-21-13-22(33-6-32-21)40(7-34-13)26-17(46)19(9(3-42)52-26)51-5-11-20(18(47)27(54-11)41-8-35-14-23(41)37-28(31)38-24(14)48)50-4-10-15(44)16(45)25(53-10)39-2-1-12(43)36-29(39)49/h1-2,6-11,15-20,25-27,42,44-47H,3-5H2,(H2,30,32,33)(H,36,43,49)(H3,31,37,38,48)/t9-,10-,11-,15-,16-,17-,18-,19-,20-,25-,26-,27-/m1/s1. The summed E-state index contributed by atoms with van der Waals surface area (Å²) in [4.78, 5) is 61.3. The van der Waals surface area contributed by atoms with Crippen LogP contribution in [0.15, 0.2) is 45.6 Å². The third-order valence-corrected chi connectivity index (χ3v) is 9.55. The summed E-state index contributed by atoms with van der Waals surface area (Å²) in [6, 6.07) is 1.04. The van der Waals surface area contributed by atoms with Gasteiger partial charge in [0.1, 0.15) is 66.8 Å². The summed E-state index contributed by atoms with van der Waals surface area (Å²) in [5.41, 5.74) is 9.88. The number of H-pyrrole nitrogens is 2. The van der Waals surface area contributed by atoms with Crippen LogP contribution in [-0.2, 0) is 23.7 Å². The molecule has 54 heavy (non-hydrogen) atoms. The Hall–Kier alpha value is -5.22. The molecule has 8 heterocycles. The van der Waals surface area contributed by atoms with Crippen molar-refractivity contribution < 1.29 is 49.2 Å². The van der Waals surface area contributed by atoms with Crippen molar-refractivity contribution in [1.82, 2.24) is 48.6 Å². The number of hydrogen-bond donors (Lipinski definition) is 9. The third-order valence-electron chi connectivity index (χ3n) is 9.55. The molecule has 25 heteroatoms. The minimum absolute atomic E-state index is 0.0210. The molecule has 0 amide bonds. The number of aliphatic hydroxyl groups excluding tert-OH is 5. The van der Waals surface area contributed by atoms with E-state index in [1.807, 2.05) is 4.98 Å². The molecule has 0 radical (unpaired) electrons. The van der Waals surface area contributed by atoms with Gasteiger partial charge < -0.3 is 60.7 Å². The largest absolute Gasteiger partial charge is 0.394 e. The van der Waals surface area contributed by atoms with Crippen LogP contribution < -0.4 is 28.3 Å². The molecule has 0 bridgehead atoms. The summed E-state index contributed by atoms with van der Waals surface area (Å²) in [5, 5.41) is 54.7. The number of anilines is 2. The number of hydrogen-bond acceptors (Lipinski definition) is 20. The number of nitrogens with two attached hydrogens (primary N) is 2. The van der Waals surface area contributed by atoms with Crippen LogP contribution in [0.25, 0.3) is 22.3 Å². The van der Waals surface area contributed by atoms with Gasteiger partial charge in [0.2, 0.25) is 5.95 Å². The Morgan fingerprint density at radius 2 is 1.33 bits per heavy atom. The lowest BCUT2D eigenvalue weighted by molar-refractivity contribution is -0.131. The molecule has 8 rings (SSSR count). The van der Waals surface area contributed by atoms with Crippen LogP contribution >= 0.6 is 0 Å². The third kappa shape index (κ3) is 6.00. The minimum Gasteiger partial charge on any atom is -0.394 e. The number of ether oxygens (including phenoxy) is 5. The Balaban J connectivity index is 1.04. The zero-order chi connectivity index (χ0) is 38.0. The molecule has 12 atom stereocenters. The van der Waals surface area contributed by atoms with Crippen LogP contribution in [-0.4, -0.2) is 149 Å². The Bertz CT molecular complexity index is 2340. The number of rotatable bonds is 10. The van der Waals surface area contributed by atoms with Gasteiger partial charge in [0.05, 0.1) is 32.5 Å². The Morgan fingerprint density at radius 1 is 0.722 bits per heavy atom. The second-order valence-corrected chi connectivity index (χ2v) is 12.8. The van der Waals surface area contributed by atoms with Gasteiger partial charge in [0.15, 0.2) is 41.3 Å². The maximum absolute atomic E-state index is 12.5. The zero-order valence-electron chi connectivity index (χ0n) is 27.7. The monoisotopic (exact) mass is 758 g/mol. The first kappa shape index (κ1) is 35.8. The summed E-state index contributed by atoms with van der Waals surface area (Å²) in [6.07, 6.45) is -11.0. The minimum atomic E-state index is -1.62. The lowest BCUT2D eigenvalue weighted by atomic mass is 10.1. The molecule has 3 aliphatic rings. The van der Waals surface area contributed by atoms with Crippen molar-refractivity contribution in [3.63, 3.8) is 0 Å². The van der Waals surface area contributed by atoms with Crippen LogP contribution in [0.4, 0.5) is 11.8 Å². The quantitative estimate of drug-likeness (QED) is 0.0641. The van der Waals surface area contributed by atoms with E-state index in [-0.39, 0.29) is 40.7 Å². The number of imidazole rings is 2. The lowest BCUT2D eigenvalue weighted by Gasteiger charge is -2.26. The first-order valence-electron chi connectivity index (χ1n) is 16.4. The maximum Gasteiger partial charge on any atom is 0.330 e. The van der Waals surface area contributed by atoms with Crippen molar-refractivity contribution in [1.29, 1.82) is 0 Å². The fourth-order valence-corrected chi connectivity index (χ4v) is 6.91. The van der Waals surface area contributed by atoms with Crippen LogP contribution in [0, 0.1) is 0 Å². The fraction of sp³-hybridized carbons (Fsp3) is 0.517. The van der Waals surface area contributed by atoms with E-state index in [4.69, 9.17) is 35.2 Å². The van der Waals surface area contributed by atoms with E-state index >= 15 is 0 Å². The number of nitrogens with zero attached hydrogens (tertiary/aromatic N) is 8. The van der Waals surface area contributed by atoms with Crippen molar-refractivity contribution in [2.45, 2.75) is 73.6 Å². The van der Waals surface area contributed by atoms with Crippen molar-refractivity contribution in [3.8, 4) is 0 Å². The second kappa shape index (κ2) is 13.9. The molecule has 0 unspecified atom stereocenters. The molecule has 3 aliphatic heterocycles. The molecule has 0 aromatic carbocycles. The highest BCUT2D eigenvalue weighted by Crippen LogP contribution is 2.37. The van der Waals surface area contributed by atoms with Gasteiger partial charge >= 0.3 is 5.69 Å². The molecule has 0 saturated carbocycles. The predicted molar refractivity (Wildman–Crippen MR) is 176 cm³/mol. The molecule has 5 aromatic heterocycles. The molecule has 25 nitrogen and oxygen atoms in total. The van der Waals surface area contributed by atoms with E-state index < -0.39 is 104 Å². The molecular weight excluding hydrogens is 724 g/mol. The van der Waals surface area contributed by atoms with Crippen molar-refractivity contribution in [2.24, 2.45) is 0 Å². The number of fused-ring (bicyclic) bond motifs is 2. The molecule has 3 fully saturated rings. The van der Waals surface area contributed by atoms with Crippen LogP contribution in [0.2, 0.25) is 0 Å². The van der Waals surface area contributed by atoms with Gasteiger partial charge in [-0.15, -0.1) is 0 Å². The second-order valence-electron chi connectivity index (χ2n) is 12.8. The summed E-state index contributed by atoms with van der Waals surface area (Å²) in [5.74, 6) is -0.120. The van der Waals surface area contributed by atoms with E-state index in [1.165, 1.54) is 28.1 Å². The molecular formula is C29H34N12O13. The summed E-state index contributed by atoms with van der Waals surface area (Å²) in [7, 11) is 0. The molecule has 0 aliphatic carbocycles. The van der Waals surface area contributed by atoms with Gasteiger partial charge in [-0.3, -0.25) is 33.3 Å². The zero-order valence-corrected chi connectivity index (χ0v) is 27.7. The van der Waals surface area contributed by atoms with Gasteiger partial charge in [-0.05, 0) is 0 Å². The highest BCUT2D eigenvalue weighted by Gasteiger charge is 2.51. The highest BCUT2D eigenvalue weighted by atomic mass is 16.6. The molecule has 3 saturated heterocycles. The van der Waals surface area contributed by atoms with E-state index in [9.17, 15) is 39.9 Å². The molecule has 0 spiro atoms. The normalized spacial score (nSPS) is 32.7. The maximum atomic E-state index is 12.5. The Kier molecular flexibility index (Phi) is 9.20. The number of nitrogens with one attached hydrogen (secondary N) is 2. The van der Waals surface area contributed by atoms with E-state index in [1.54, 1.807) is 0 Å². The van der Waals surface area contributed by atoms with Crippen molar-refractivity contribution in [3.05, 3.63) is 62.4 Å². The Labute approximate surface area is 299 Å². The summed E-state index contributed by atoms with van der Waals surface area (Å²) >= 11 is 0. The fourth-order valence-electron chi connectivity index (χ4n) is 6.91. The molecule has 11 N–H and O–H groups in total. The number of aromatic nitrogens is 10. The average Bonchev–Trinajstić information content (AvgIpc) is 3.95. The van der Waals surface area contributed by atoms with Crippen LogP contribution in [0.3, 0.4) is 0 Å². The van der Waals surface area contributed by atoms with Crippen molar-refractivity contribution in [2.75, 3.05) is 31.3 Å². The van der Waals surface area contributed by atoms with E-state index in [0.717, 1.165) is 16.8 Å². The van der Waals surface area contributed by atoms with Crippen molar-refractivity contribution >= 4 is 34.1 Å². The molecule has 5 aromatic rings. The van der Waals surface area contributed by atoms with Gasteiger partial charge in [-0.2, -0.15) is 4.98 Å². The Morgan fingerprint density at radius 3 is 2.04 bits per heavy atom. The number of aliphatic hydroxyl groups is 5. The van der Waals surface area contributed by atoms with E-state index in [2.05, 4.69) is 29.9 Å². The number of nitrogen functional groups attached to an aromatic ring is 2.